The highest BCUT2D eigenvalue weighted by Crippen LogP contribution is 2.12. The van der Waals surface area contributed by atoms with Gasteiger partial charge in [0, 0.05) is 12.8 Å². The Kier molecular flexibility index (Phi) is 22.7. The van der Waals surface area contributed by atoms with E-state index in [2.05, 4.69) is 13.8 Å². The van der Waals surface area contributed by atoms with Crippen LogP contribution in [0.25, 0.3) is 0 Å². The Hall–Kier alpha value is -1.10. The Morgan fingerprint density at radius 3 is 1.35 bits per heavy atom. The largest absolute Gasteiger partial charge is 0.460 e. The van der Waals surface area contributed by atoms with E-state index >= 15 is 0 Å². The zero-order valence-electron chi connectivity index (χ0n) is 20.6. The molecule has 0 saturated heterocycles. The van der Waals surface area contributed by atoms with Crippen molar-refractivity contribution in [3.63, 3.8) is 0 Å². The number of esters is 2. The molecule has 0 aliphatic heterocycles. The van der Waals surface area contributed by atoms with E-state index in [0.717, 1.165) is 25.7 Å². The lowest BCUT2D eigenvalue weighted by Gasteiger charge is -2.13. The first-order valence-corrected chi connectivity index (χ1v) is 13.2. The summed E-state index contributed by atoms with van der Waals surface area (Å²) < 4.78 is 10.3. The smallest absolute Gasteiger partial charge is 0.307 e. The molecule has 0 aromatic carbocycles. The van der Waals surface area contributed by atoms with Crippen LogP contribution < -0.4 is 5.73 Å². The van der Waals surface area contributed by atoms with Gasteiger partial charge in [0.2, 0.25) is 0 Å². The number of nitrogens with two attached hydrogens (primary N) is 1. The zero-order valence-corrected chi connectivity index (χ0v) is 20.6. The second-order valence-corrected chi connectivity index (χ2v) is 8.87. The third kappa shape index (κ3) is 23.4. The van der Waals surface area contributed by atoms with Gasteiger partial charge in [-0.3, -0.25) is 15.3 Å². The lowest BCUT2D eigenvalue weighted by molar-refractivity contribution is -0.158. The summed E-state index contributed by atoms with van der Waals surface area (Å²) in [5.74, 6) is -0.557. The average molecular weight is 442 g/mol. The fourth-order valence-corrected chi connectivity index (χ4v) is 3.67. The molecule has 184 valence electrons. The minimum Gasteiger partial charge on any atom is -0.460 e. The molecule has 0 aliphatic rings. The highest BCUT2D eigenvalue weighted by molar-refractivity contribution is 5.70. The molecule has 5 heteroatoms. The highest BCUT2D eigenvalue weighted by Gasteiger charge is 2.12. The van der Waals surface area contributed by atoms with Gasteiger partial charge < -0.3 is 9.47 Å². The summed E-state index contributed by atoms with van der Waals surface area (Å²) in [5.41, 5.74) is 5.76. The molecular formula is C26H51NO4. The summed E-state index contributed by atoms with van der Waals surface area (Å²) in [5, 5.41) is 0. The summed E-state index contributed by atoms with van der Waals surface area (Å²) in [6.45, 7) is 4.40. The predicted molar refractivity (Wildman–Crippen MR) is 129 cm³/mol. The van der Waals surface area contributed by atoms with Gasteiger partial charge in [0.1, 0.15) is 6.61 Å². The third-order valence-corrected chi connectivity index (χ3v) is 5.66. The van der Waals surface area contributed by atoms with Crippen LogP contribution in [0.15, 0.2) is 0 Å². The summed E-state index contributed by atoms with van der Waals surface area (Å²) >= 11 is 0. The van der Waals surface area contributed by atoms with Crippen molar-refractivity contribution in [2.24, 2.45) is 5.73 Å². The molecule has 0 amide bonds. The summed E-state index contributed by atoms with van der Waals surface area (Å²) in [6, 6.07) is 0. The van der Waals surface area contributed by atoms with Crippen LogP contribution in [0.3, 0.4) is 0 Å². The Morgan fingerprint density at radius 1 is 0.581 bits per heavy atom. The van der Waals surface area contributed by atoms with Crippen molar-refractivity contribution in [2.75, 3.05) is 6.61 Å². The predicted octanol–water partition coefficient (Wildman–Crippen LogP) is 7.20. The molecule has 0 aliphatic carbocycles. The first-order chi connectivity index (χ1) is 15.1. The van der Waals surface area contributed by atoms with Crippen LogP contribution in [-0.2, 0) is 19.1 Å². The molecular weight excluding hydrogens is 390 g/mol. The maximum atomic E-state index is 11.8. The van der Waals surface area contributed by atoms with Crippen LogP contribution in [0.1, 0.15) is 142 Å². The normalized spacial score (nSPS) is 12.0. The molecule has 1 atom stereocenters. The van der Waals surface area contributed by atoms with Crippen molar-refractivity contribution in [2.45, 2.75) is 148 Å². The lowest BCUT2D eigenvalue weighted by atomic mass is 10.1. The van der Waals surface area contributed by atoms with Gasteiger partial charge in [-0.05, 0) is 12.8 Å². The van der Waals surface area contributed by atoms with E-state index in [1.165, 1.54) is 89.9 Å². The second-order valence-electron chi connectivity index (χ2n) is 8.87. The molecule has 2 N–H and O–H groups in total. The molecule has 5 nitrogen and oxygen atoms in total. The van der Waals surface area contributed by atoms with Gasteiger partial charge in [-0.25, -0.2) is 0 Å². The fraction of sp³-hybridized carbons (Fsp3) is 0.923. The quantitative estimate of drug-likeness (QED) is 0.103. The molecule has 0 rings (SSSR count). The first kappa shape index (κ1) is 29.9. The van der Waals surface area contributed by atoms with Crippen molar-refractivity contribution < 1.29 is 19.1 Å². The number of rotatable bonds is 23. The van der Waals surface area contributed by atoms with Crippen LogP contribution in [0.5, 0.6) is 0 Å². The van der Waals surface area contributed by atoms with Crippen LogP contribution in [0, 0.1) is 0 Å². The van der Waals surface area contributed by atoms with Gasteiger partial charge in [0.05, 0.1) is 0 Å². The topological polar surface area (TPSA) is 78.6 Å². The number of hydrogen-bond acceptors (Lipinski definition) is 5. The number of hydrogen-bond donors (Lipinski definition) is 1. The standard InChI is InChI=1S/C26H51NO4/c1-3-5-7-9-11-13-15-17-19-21-25(28)30-23-24(27)31-26(29)22-20-18-16-14-12-10-8-6-4-2/h24H,3-23,27H2,1-2H3. The lowest BCUT2D eigenvalue weighted by Crippen LogP contribution is -2.33. The number of ether oxygens (including phenoxy) is 2. The summed E-state index contributed by atoms with van der Waals surface area (Å²) in [7, 11) is 0. The van der Waals surface area contributed by atoms with Crippen LogP contribution in [-0.4, -0.2) is 24.8 Å². The Morgan fingerprint density at radius 2 is 0.935 bits per heavy atom. The fourth-order valence-electron chi connectivity index (χ4n) is 3.67. The van der Waals surface area contributed by atoms with Crippen molar-refractivity contribution >= 4 is 11.9 Å². The summed E-state index contributed by atoms with van der Waals surface area (Å²) in [4.78, 5) is 23.6. The molecule has 0 aromatic rings. The monoisotopic (exact) mass is 441 g/mol. The van der Waals surface area contributed by atoms with Gasteiger partial charge in [-0.1, -0.05) is 117 Å². The third-order valence-electron chi connectivity index (χ3n) is 5.66. The average Bonchev–Trinajstić information content (AvgIpc) is 2.75. The van der Waals surface area contributed by atoms with Crippen molar-refractivity contribution in [1.82, 2.24) is 0 Å². The molecule has 0 saturated carbocycles. The minimum atomic E-state index is -0.863. The first-order valence-electron chi connectivity index (χ1n) is 13.2. The molecule has 0 radical (unpaired) electrons. The molecule has 0 heterocycles. The van der Waals surface area contributed by atoms with E-state index in [1.807, 2.05) is 0 Å². The minimum absolute atomic E-state index is 0.0558. The Labute approximate surface area is 192 Å². The molecule has 0 spiro atoms. The van der Waals surface area contributed by atoms with E-state index in [1.54, 1.807) is 0 Å². The maximum absolute atomic E-state index is 11.8. The molecule has 31 heavy (non-hydrogen) atoms. The molecule has 0 fully saturated rings. The number of unbranched alkanes of at least 4 members (excludes halogenated alkanes) is 16. The molecule has 0 bridgehead atoms. The van der Waals surface area contributed by atoms with Crippen LogP contribution >= 0.6 is 0 Å². The van der Waals surface area contributed by atoms with Crippen molar-refractivity contribution in [1.29, 1.82) is 0 Å². The van der Waals surface area contributed by atoms with E-state index in [9.17, 15) is 9.59 Å². The van der Waals surface area contributed by atoms with Gasteiger partial charge in [-0.15, -0.1) is 0 Å². The Bertz CT molecular complexity index is 414. The van der Waals surface area contributed by atoms with E-state index in [-0.39, 0.29) is 18.5 Å². The highest BCUT2D eigenvalue weighted by atomic mass is 16.6. The van der Waals surface area contributed by atoms with Crippen molar-refractivity contribution in [3.05, 3.63) is 0 Å². The van der Waals surface area contributed by atoms with Crippen molar-refractivity contribution in [3.8, 4) is 0 Å². The van der Waals surface area contributed by atoms with Gasteiger partial charge in [0.15, 0.2) is 6.23 Å². The van der Waals surface area contributed by atoms with E-state index in [4.69, 9.17) is 15.2 Å². The number of carbonyl (C=O) groups is 2. The zero-order chi connectivity index (χ0) is 23.0. The number of carbonyl (C=O) groups excluding carboxylic acids is 2. The van der Waals surface area contributed by atoms with Crippen LogP contribution in [0.4, 0.5) is 0 Å². The summed E-state index contributed by atoms with van der Waals surface area (Å²) in [6.07, 6.45) is 21.7. The molecule has 0 aromatic heterocycles. The van der Waals surface area contributed by atoms with E-state index in [0.29, 0.717) is 12.8 Å². The van der Waals surface area contributed by atoms with Gasteiger partial charge >= 0.3 is 11.9 Å². The van der Waals surface area contributed by atoms with E-state index < -0.39 is 6.23 Å². The molecule has 1 unspecified atom stereocenters. The maximum Gasteiger partial charge on any atom is 0.307 e. The Balaban J connectivity index is 3.46. The second kappa shape index (κ2) is 23.6. The van der Waals surface area contributed by atoms with Crippen LogP contribution in [0.2, 0.25) is 0 Å². The SMILES string of the molecule is CCCCCCCCCCCC(=O)OCC(N)OC(=O)CCCCCCCCCCC. The van der Waals surface area contributed by atoms with Gasteiger partial charge in [-0.2, -0.15) is 0 Å². The van der Waals surface area contributed by atoms with Gasteiger partial charge in [0.25, 0.3) is 0 Å².